The van der Waals surface area contributed by atoms with Crippen molar-refractivity contribution < 1.29 is 24.1 Å². The number of ether oxygens (including phenoxy) is 1. The Bertz CT molecular complexity index is 151. The first-order valence-electron chi connectivity index (χ1n) is 3.30. The molecule has 1 aliphatic heterocycles. The fourth-order valence-corrected chi connectivity index (χ4v) is 1.01. The zero-order valence-corrected chi connectivity index (χ0v) is 5.74. The summed E-state index contributed by atoms with van der Waals surface area (Å²) < 4.78 is 16.8. The molecule has 4 nitrogen and oxygen atoms in total. The van der Waals surface area contributed by atoms with E-state index in [1.807, 2.05) is 0 Å². The number of carboxylic acid groups (broad SMARTS) is 1. The van der Waals surface area contributed by atoms with Crippen LogP contribution in [-0.2, 0) is 9.53 Å². The van der Waals surface area contributed by atoms with Crippen LogP contribution in [0.5, 0.6) is 0 Å². The molecule has 64 valence electrons. The molecule has 11 heavy (non-hydrogen) atoms. The van der Waals surface area contributed by atoms with E-state index in [1.54, 1.807) is 0 Å². The van der Waals surface area contributed by atoms with Gasteiger partial charge in [-0.05, 0) is 0 Å². The van der Waals surface area contributed by atoms with Gasteiger partial charge in [-0.15, -0.1) is 0 Å². The van der Waals surface area contributed by atoms with Gasteiger partial charge in [-0.1, -0.05) is 0 Å². The molecule has 0 aliphatic carbocycles. The number of aliphatic carboxylic acids is 1. The highest BCUT2D eigenvalue weighted by atomic mass is 19.1. The molecule has 0 spiro atoms. The van der Waals surface area contributed by atoms with Gasteiger partial charge in [0.15, 0.2) is 6.10 Å². The van der Waals surface area contributed by atoms with Gasteiger partial charge >= 0.3 is 5.97 Å². The lowest BCUT2D eigenvalue weighted by Gasteiger charge is -2.25. The molecule has 1 aliphatic rings. The Morgan fingerprint density at radius 3 is 2.64 bits per heavy atom. The van der Waals surface area contributed by atoms with Crippen molar-refractivity contribution in [3.05, 3.63) is 0 Å². The van der Waals surface area contributed by atoms with Crippen molar-refractivity contribution >= 4 is 5.97 Å². The first-order chi connectivity index (χ1) is 5.09. The Labute approximate surface area is 62.6 Å². The Morgan fingerprint density at radius 1 is 1.55 bits per heavy atom. The molecule has 1 fully saturated rings. The van der Waals surface area contributed by atoms with Crippen LogP contribution in [0.1, 0.15) is 12.8 Å². The Kier molecular flexibility index (Phi) is 2.41. The van der Waals surface area contributed by atoms with Gasteiger partial charge in [0.2, 0.25) is 6.36 Å². The molecule has 0 aromatic rings. The van der Waals surface area contributed by atoms with Gasteiger partial charge in [0.05, 0.1) is 6.10 Å². The fraction of sp³-hybridized carbons (Fsp3) is 0.833. The van der Waals surface area contributed by atoms with Crippen molar-refractivity contribution in [3.8, 4) is 0 Å². The number of alkyl halides is 1. The Hall–Kier alpha value is -0.680. The summed E-state index contributed by atoms with van der Waals surface area (Å²) in [4.78, 5) is 10.2. The van der Waals surface area contributed by atoms with E-state index in [1.165, 1.54) is 0 Å². The lowest BCUT2D eigenvalue weighted by Crippen LogP contribution is -2.38. The summed E-state index contributed by atoms with van der Waals surface area (Å²) in [5, 5.41) is 17.3. The van der Waals surface area contributed by atoms with Crippen molar-refractivity contribution in [2.24, 2.45) is 0 Å². The molecule has 3 atom stereocenters. The van der Waals surface area contributed by atoms with Crippen LogP contribution < -0.4 is 0 Å². The van der Waals surface area contributed by atoms with E-state index in [0.29, 0.717) is 0 Å². The van der Waals surface area contributed by atoms with E-state index in [9.17, 15) is 9.18 Å². The minimum Gasteiger partial charge on any atom is -0.479 e. The highest BCUT2D eigenvalue weighted by Gasteiger charge is 2.32. The topological polar surface area (TPSA) is 66.8 Å². The van der Waals surface area contributed by atoms with Crippen LogP contribution in [0.2, 0.25) is 0 Å². The van der Waals surface area contributed by atoms with E-state index in [4.69, 9.17) is 10.2 Å². The molecule has 0 saturated carbocycles. The van der Waals surface area contributed by atoms with Gasteiger partial charge < -0.3 is 14.9 Å². The summed E-state index contributed by atoms with van der Waals surface area (Å²) in [6, 6.07) is 0. The third-order valence-electron chi connectivity index (χ3n) is 1.53. The lowest BCUT2D eigenvalue weighted by atomic mass is 10.1. The summed E-state index contributed by atoms with van der Waals surface area (Å²) in [7, 11) is 0. The Balaban J connectivity index is 2.49. The summed E-state index contributed by atoms with van der Waals surface area (Å²) in [6.07, 6.45) is -3.92. The molecule has 3 unspecified atom stereocenters. The second-order valence-corrected chi connectivity index (χ2v) is 2.50. The number of aliphatic hydroxyl groups is 1. The lowest BCUT2D eigenvalue weighted by molar-refractivity contribution is -0.183. The average Bonchev–Trinajstić information content (AvgIpc) is 1.85. The van der Waals surface area contributed by atoms with Crippen LogP contribution >= 0.6 is 0 Å². The van der Waals surface area contributed by atoms with Crippen molar-refractivity contribution in [1.82, 2.24) is 0 Å². The first kappa shape index (κ1) is 8.42. The van der Waals surface area contributed by atoms with E-state index < -0.39 is 24.5 Å². The van der Waals surface area contributed by atoms with Gasteiger partial charge in [0.25, 0.3) is 0 Å². The van der Waals surface area contributed by atoms with E-state index >= 15 is 0 Å². The maximum Gasteiger partial charge on any atom is 0.333 e. The summed E-state index contributed by atoms with van der Waals surface area (Å²) >= 11 is 0. The molecule has 0 aromatic carbocycles. The fourth-order valence-electron chi connectivity index (χ4n) is 1.01. The van der Waals surface area contributed by atoms with Crippen molar-refractivity contribution in [1.29, 1.82) is 0 Å². The van der Waals surface area contributed by atoms with Gasteiger partial charge in [-0.25, -0.2) is 9.18 Å². The van der Waals surface area contributed by atoms with E-state index in [0.717, 1.165) is 0 Å². The highest BCUT2D eigenvalue weighted by molar-refractivity contribution is 5.72. The third kappa shape index (κ3) is 2.13. The van der Waals surface area contributed by atoms with E-state index in [2.05, 4.69) is 4.74 Å². The minimum absolute atomic E-state index is 0.0320. The molecule has 0 amide bonds. The van der Waals surface area contributed by atoms with Crippen LogP contribution in [0.15, 0.2) is 0 Å². The van der Waals surface area contributed by atoms with Gasteiger partial charge in [0.1, 0.15) is 0 Å². The molecule has 1 heterocycles. The maximum absolute atomic E-state index is 12.4. The third-order valence-corrected chi connectivity index (χ3v) is 1.53. The normalized spacial score (nSPS) is 38.5. The summed E-state index contributed by atoms with van der Waals surface area (Å²) in [5.74, 6) is -1.23. The zero-order chi connectivity index (χ0) is 8.43. The number of carbonyl (C=O) groups is 1. The smallest absolute Gasteiger partial charge is 0.333 e. The van der Waals surface area contributed by atoms with Crippen LogP contribution in [0.25, 0.3) is 0 Å². The van der Waals surface area contributed by atoms with Crippen LogP contribution in [-0.4, -0.2) is 34.7 Å². The monoisotopic (exact) mass is 164 g/mol. The predicted molar refractivity (Wildman–Crippen MR) is 32.6 cm³/mol. The number of halogens is 1. The van der Waals surface area contributed by atoms with Crippen LogP contribution in [0.3, 0.4) is 0 Å². The predicted octanol–water partition coefficient (Wildman–Crippen LogP) is -0.0935. The molecule has 2 N–H and O–H groups in total. The van der Waals surface area contributed by atoms with Crippen LogP contribution in [0, 0.1) is 0 Å². The summed E-state index contributed by atoms with van der Waals surface area (Å²) in [6.45, 7) is 0. The maximum atomic E-state index is 12.4. The minimum atomic E-state index is -1.65. The van der Waals surface area contributed by atoms with E-state index in [-0.39, 0.29) is 12.8 Å². The SMILES string of the molecule is O=C(O)C1CC(O)CC(F)O1. The molecule has 5 heteroatoms. The van der Waals surface area contributed by atoms with Crippen molar-refractivity contribution in [2.45, 2.75) is 31.4 Å². The molecular weight excluding hydrogens is 155 g/mol. The number of carboxylic acids is 1. The van der Waals surface area contributed by atoms with Crippen LogP contribution in [0.4, 0.5) is 4.39 Å². The van der Waals surface area contributed by atoms with Gasteiger partial charge in [0, 0.05) is 12.8 Å². The molecule has 0 bridgehead atoms. The first-order valence-corrected chi connectivity index (χ1v) is 3.30. The summed E-state index contributed by atoms with van der Waals surface area (Å²) in [5.41, 5.74) is 0. The number of rotatable bonds is 1. The molecule has 1 saturated heterocycles. The zero-order valence-electron chi connectivity index (χ0n) is 5.74. The quantitative estimate of drug-likeness (QED) is 0.568. The highest BCUT2D eigenvalue weighted by Crippen LogP contribution is 2.20. The molecule has 0 aromatic heterocycles. The second kappa shape index (κ2) is 3.15. The van der Waals surface area contributed by atoms with Crippen molar-refractivity contribution in [2.75, 3.05) is 0 Å². The number of aliphatic hydroxyl groups excluding tert-OH is 1. The molecule has 1 rings (SSSR count). The average molecular weight is 164 g/mol. The van der Waals surface area contributed by atoms with Crippen molar-refractivity contribution in [3.63, 3.8) is 0 Å². The van der Waals surface area contributed by atoms with Gasteiger partial charge in [-0.3, -0.25) is 0 Å². The number of hydrogen-bond donors (Lipinski definition) is 2. The molecular formula is C6H9FO4. The largest absolute Gasteiger partial charge is 0.479 e. The standard InChI is InChI=1S/C6H9FO4/c7-5-2-3(8)1-4(11-5)6(9)10/h3-5,8H,1-2H2,(H,9,10). The number of hydrogen-bond acceptors (Lipinski definition) is 3. The second-order valence-electron chi connectivity index (χ2n) is 2.50. The molecule has 0 radical (unpaired) electrons. The van der Waals surface area contributed by atoms with Gasteiger partial charge in [-0.2, -0.15) is 0 Å². The Morgan fingerprint density at radius 2 is 2.18 bits per heavy atom.